The third-order valence-electron chi connectivity index (χ3n) is 5.24. The number of ether oxygens (including phenoxy) is 2. The van der Waals surface area contributed by atoms with Crippen LogP contribution in [0, 0.1) is 0 Å². The molecule has 0 bridgehead atoms. The summed E-state index contributed by atoms with van der Waals surface area (Å²) in [5.41, 5.74) is 9.12. The molecule has 5 rings (SSSR count). The van der Waals surface area contributed by atoms with Crippen LogP contribution >= 0.6 is 0 Å². The highest BCUT2D eigenvalue weighted by atomic mass is 16.5. The quantitative estimate of drug-likeness (QED) is 0.672. The zero-order valence-corrected chi connectivity index (χ0v) is 16.2. The number of nitrogens with two attached hydrogens (primary N) is 1. The van der Waals surface area contributed by atoms with E-state index in [0.717, 1.165) is 74.4 Å². The SMILES string of the molecule is Nc1ncc(-c2cn3cc(CN4CCOCC4)nc3c(N3CCOCC3)n2)cn1. The van der Waals surface area contributed by atoms with Crippen molar-refractivity contribution >= 4 is 17.4 Å². The number of hydrogen-bond acceptors (Lipinski definition) is 9. The zero-order chi connectivity index (χ0) is 19.6. The molecule has 2 aliphatic heterocycles. The second-order valence-corrected chi connectivity index (χ2v) is 7.23. The van der Waals surface area contributed by atoms with Gasteiger partial charge in [-0.15, -0.1) is 0 Å². The van der Waals surface area contributed by atoms with Gasteiger partial charge in [0, 0.05) is 63.1 Å². The average molecular weight is 396 g/mol. The fraction of sp³-hybridized carbons (Fsp3) is 0.474. The summed E-state index contributed by atoms with van der Waals surface area (Å²) >= 11 is 0. The van der Waals surface area contributed by atoms with Gasteiger partial charge in [0.15, 0.2) is 11.5 Å². The van der Waals surface area contributed by atoms with E-state index in [0.29, 0.717) is 13.2 Å². The van der Waals surface area contributed by atoms with Crippen LogP contribution in [0.1, 0.15) is 5.69 Å². The van der Waals surface area contributed by atoms with Crippen molar-refractivity contribution in [2.45, 2.75) is 6.54 Å². The van der Waals surface area contributed by atoms with Crippen molar-refractivity contribution in [2.24, 2.45) is 0 Å². The van der Waals surface area contributed by atoms with Crippen LogP contribution in [-0.4, -0.2) is 81.8 Å². The van der Waals surface area contributed by atoms with E-state index >= 15 is 0 Å². The second kappa shape index (κ2) is 7.90. The van der Waals surface area contributed by atoms with Gasteiger partial charge in [-0.05, 0) is 0 Å². The van der Waals surface area contributed by atoms with Gasteiger partial charge in [-0.2, -0.15) is 0 Å². The van der Waals surface area contributed by atoms with Crippen LogP contribution in [0.2, 0.25) is 0 Å². The fourth-order valence-corrected chi connectivity index (χ4v) is 3.69. The molecule has 0 spiro atoms. The van der Waals surface area contributed by atoms with E-state index in [9.17, 15) is 0 Å². The first-order chi connectivity index (χ1) is 14.3. The molecule has 2 saturated heterocycles. The lowest BCUT2D eigenvalue weighted by Crippen LogP contribution is -2.37. The lowest BCUT2D eigenvalue weighted by Gasteiger charge is -2.28. The monoisotopic (exact) mass is 396 g/mol. The predicted octanol–water partition coefficient (Wildman–Crippen LogP) is 0.437. The molecule has 10 nitrogen and oxygen atoms in total. The summed E-state index contributed by atoms with van der Waals surface area (Å²) in [4.78, 5) is 22.6. The Kier molecular flexibility index (Phi) is 4.96. The topological polar surface area (TPSA) is 107 Å². The molecule has 0 saturated carbocycles. The van der Waals surface area contributed by atoms with E-state index in [1.165, 1.54) is 0 Å². The number of hydrogen-bond donors (Lipinski definition) is 1. The molecular weight excluding hydrogens is 372 g/mol. The lowest BCUT2D eigenvalue weighted by molar-refractivity contribution is 0.0337. The Morgan fingerprint density at radius 1 is 0.897 bits per heavy atom. The van der Waals surface area contributed by atoms with Crippen molar-refractivity contribution in [3.05, 3.63) is 30.5 Å². The standard InChI is InChI=1S/C19H24N8O2/c20-19-21-9-14(10-22-19)16-13-27-12-15(11-25-1-5-28-6-2-25)23-17(27)18(24-16)26-3-7-29-8-4-26/h9-10,12-13H,1-8,11H2,(H2,20,21,22). The number of rotatable bonds is 4. The van der Waals surface area contributed by atoms with Gasteiger partial charge >= 0.3 is 0 Å². The summed E-state index contributed by atoms with van der Waals surface area (Å²) in [6, 6.07) is 0. The summed E-state index contributed by atoms with van der Waals surface area (Å²) in [7, 11) is 0. The molecule has 10 heteroatoms. The van der Waals surface area contributed by atoms with Gasteiger partial charge in [-0.1, -0.05) is 0 Å². The molecule has 2 aliphatic rings. The van der Waals surface area contributed by atoms with Crippen LogP contribution in [0.3, 0.4) is 0 Å². The zero-order valence-electron chi connectivity index (χ0n) is 16.2. The van der Waals surface area contributed by atoms with Crippen LogP contribution < -0.4 is 10.6 Å². The molecule has 5 heterocycles. The Morgan fingerprint density at radius 3 is 2.31 bits per heavy atom. The van der Waals surface area contributed by atoms with Crippen molar-refractivity contribution in [1.29, 1.82) is 0 Å². The number of morpholine rings is 2. The molecule has 0 aliphatic carbocycles. The van der Waals surface area contributed by atoms with Crippen LogP contribution in [-0.2, 0) is 16.0 Å². The van der Waals surface area contributed by atoms with Crippen molar-refractivity contribution in [1.82, 2.24) is 29.2 Å². The van der Waals surface area contributed by atoms with Gasteiger partial charge in [-0.3, -0.25) is 4.90 Å². The van der Waals surface area contributed by atoms with Crippen LogP contribution in [0.5, 0.6) is 0 Å². The highest BCUT2D eigenvalue weighted by Gasteiger charge is 2.20. The number of nitrogens with zero attached hydrogens (tertiary/aromatic N) is 7. The Labute approximate surface area is 168 Å². The second-order valence-electron chi connectivity index (χ2n) is 7.23. The first-order valence-corrected chi connectivity index (χ1v) is 9.85. The fourth-order valence-electron chi connectivity index (χ4n) is 3.69. The van der Waals surface area contributed by atoms with Crippen LogP contribution in [0.25, 0.3) is 16.9 Å². The maximum atomic E-state index is 5.64. The van der Waals surface area contributed by atoms with E-state index in [1.54, 1.807) is 12.4 Å². The number of aromatic nitrogens is 5. The number of anilines is 2. The van der Waals surface area contributed by atoms with E-state index in [2.05, 4.69) is 30.4 Å². The summed E-state index contributed by atoms with van der Waals surface area (Å²) < 4.78 is 13.0. The Hall–Kier alpha value is -2.82. The van der Waals surface area contributed by atoms with Crippen molar-refractivity contribution in [2.75, 3.05) is 63.2 Å². The smallest absolute Gasteiger partial charge is 0.219 e. The van der Waals surface area contributed by atoms with E-state index in [4.69, 9.17) is 25.2 Å². The first-order valence-electron chi connectivity index (χ1n) is 9.85. The van der Waals surface area contributed by atoms with Crippen LogP contribution in [0.15, 0.2) is 24.8 Å². The molecule has 0 atom stereocenters. The van der Waals surface area contributed by atoms with Crippen molar-refractivity contribution in [3.63, 3.8) is 0 Å². The molecule has 152 valence electrons. The lowest BCUT2D eigenvalue weighted by atomic mass is 10.2. The molecule has 0 radical (unpaired) electrons. The molecule has 0 amide bonds. The Bertz CT molecular complexity index is 978. The molecular formula is C19H24N8O2. The van der Waals surface area contributed by atoms with E-state index in [-0.39, 0.29) is 5.95 Å². The Morgan fingerprint density at radius 2 is 1.59 bits per heavy atom. The van der Waals surface area contributed by atoms with Gasteiger partial charge in [0.1, 0.15) is 0 Å². The summed E-state index contributed by atoms with van der Waals surface area (Å²) in [6.07, 6.45) is 7.46. The average Bonchev–Trinajstić information content (AvgIpc) is 3.17. The summed E-state index contributed by atoms with van der Waals surface area (Å²) in [5, 5.41) is 0. The molecule has 0 unspecified atom stereocenters. The van der Waals surface area contributed by atoms with E-state index in [1.807, 2.05) is 6.20 Å². The van der Waals surface area contributed by atoms with Gasteiger partial charge < -0.3 is 24.5 Å². The molecule has 2 N–H and O–H groups in total. The van der Waals surface area contributed by atoms with E-state index < -0.39 is 0 Å². The van der Waals surface area contributed by atoms with Gasteiger partial charge in [0.05, 0.1) is 37.8 Å². The maximum absolute atomic E-state index is 5.64. The minimum absolute atomic E-state index is 0.249. The molecule has 3 aromatic rings. The first kappa shape index (κ1) is 18.2. The molecule has 0 aromatic carbocycles. The summed E-state index contributed by atoms with van der Waals surface area (Å²) in [5.74, 6) is 1.11. The normalized spacial score (nSPS) is 18.4. The summed E-state index contributed by atoms with van der Waals surface area (Å²) in [6.45, 7) is 7.14. The van der Waals surface area contributed by atoms with Gasteiger partial charge in [0.2, 0.25) is 5.95 Å². The predicted molar refractivity (Wildman–Crippen MR) is 108 cm³/mol. The third kappa shape index (κ3) is 3.86. The molecule has 2 fully saturated rings. The van der Waals surface area contributed by atoms with Crippen LogP contribution in [0.4, 0.5) is 11.8 Å². The third-order valence-corrected chi connectivity index (χ3v) is 5.24. The van der Waals surface area contributed by atoms with Gasteiger partial charge in [0.25, 0.3) is 0 Å². The number of nitrogen functional groups attached to an aromatic ring is 1. The largest absolute Gasteiger partial charge is 0.379 e. The Balaban J connectivity index is 1.54. The minimum Gasteiger partial charge on any atom is -0.379 e. The number of fused-ring (bicyclic) bond motifs is 1. The maximum Gasteiger partial charge on any atom is 0.219 e. The minimum atomic E-state index is 0.249. The highest BCUT2D eigenvalue weighted by Crippen LogP contribution is 2.26. The molecule has 3 aromatic heterocycles. The molecule has 29 heavy (non-hydrogen) atoms. The van der Waals surface area contributed by atoms with Gasteiger partial charge in [-0.25, -0.2) is 19.9 Å². The number of imidazole rings is 1. The van der Waals surface area contributed by atoms with Crippen molar-refractivity contribution < 1.29 is 9.47 Å². The van der Waals surface area contributed by atoms with Crippen molar-refractivity contribution in [3.8, 4) is 11.3 Å². The highest BCUT2D eigenvalue weighted by molar-refractivity contribution is 5.70.